The van der Waals surface area contributed by atoms with E-state index in [9.17, 15) is 12.8 Å². The first-order chi connectivity index (χ1) is 11.4. The summed E-state index contributed by atoms with van der Waals surface area (Å²) in [6, 6.07) is 11.3. The molecule has 2 aromatic carbocycles. The van der Waals surface area contributed by atoms with Gasteiger partial charge in [0.25, 0.3) is 0 Å². The van der Waals surface area contributed by atoms with Crippen LogP contribution in [0.5, 0.6) is 0 Å². The Kier molecular flexibility index (Phi) is 4.29. The molecule has 0 fully saturated rings. The van der Waals surface area contributed by atoms with Gasteiger partial charge in [0.15, 0.2) is 0 Å². The highest BCUT2D eigenvalue weighted by molar-refractivity contribution is 7.91. The maximum atomic E-state index is 13.0. The van der Waals surface area contributed by atoms with E-state index in [1.165, 1.54) is 19.2 Å². The van der Waals surface area contributed by atoms with Crippen molar-refractivity contribution in [1.82, 2.24) is 4.98 Å². The van der Waals surface area contributed by atoms with Crippen LogP contribution in [0.3, 0.4) is 0 Å². The average molecular weight is 367 g/mol. The Balaban J connectivity index is 2.15. The summed E-state index contributed by atoms with van der Waals surface area (Å²) in [5.41, 5.74) is 0.469. The smallest absolute Gasteiger partial charge is 0.233 e. The van der Waals surface area contributed by atoms with Gasteiger partial charge in [-0.3, -0.25) is 0 Å². The van der Waals surface area contributed by atoms with Gasteiger partial charge in [0, 0.05) is 7.05 Å². The van der Waals surface area contributed by atoms with E-state index < -0.39 is 15.7 Å². The summed E-state index contributed by atoms with van der Waals surface area (Å²) >= 11 is 6.10. The van der Waals surface area contributed by atoms with Crippen LogP contribution in [0.4, 0.5) is 10.3 Å². The monoisotopic (exact) mass is 366 g/mol. The van der Waals surface area contributed by atoms with Crippen LogP contribution in [0.15, 0.2) is 62.9 Å². The standard InChI is InChI=1S/C16H12ClFN2O3S/c1-19-15-16(24(21,22)11-8-6-10(18)7-9-11)20-14(23-15)12-4-2-3-5-13(12)17/h2-9,19H,1H3. The van der Waals surface area contributed by atoms with Gasteiger partial charge in [0.05, 0.1) is 15.5 Å². The van der Waals surface area contributed by atoms with Crippen molar-refractivity contribution in [2.24, 2.45) is 0 Å². The Morgan fingerprint density at radius 3 is 2.42 bits per heavy atom. The lowest BCUT2D eigenvalue weighted by Crippen LogP contribution is -2.05. The fraction of sp³-hybridized carbons (Fsp3) is 0.0625. The molecule has 124 valence electrons. The molecule has 0 atom stereocenters. The molecule has 0 saturated carbocycles. The van der Waals surface area contributed by atoms with Crippen molar-refractivity contribution in [3.8, 4) is 11.5 Å². The predicted molar refractivity (Wildman–Crippen MR) is 88.3 cm³/mol. The molecule has 0 spiro atoms. The second-order valence-electron chi connectivity index (χ2n) is 4.84. The molecule has 0 amide bonds. The van der Waals surface area contributed by atoms with Crippen LogP contribution >= 0.6 is 11.6 Å². The SMILES string of the molecule is CNc1oc(-c2ccccc2Cl)nc1S(=O)(=O)c1ccc(F)cc1. The molecule has 3 aromatic rings. The summed E-state index contributed by atoms with van der Waals surface area (Å²) in [6.45, 7) is 0. The minimum absolute atomic E-state index is 0.0192. The highest BCUT2D eigenvalue weighted by Gasteiger charge is 2.28. The van der Waals surface area contributed by atoms with Crippen LogP contribution in [-0.2, 0) is 9.84 Å². The van der Waals surface area contributed by atoms with Crippen molar-refractivity contribution in [3.63, 3.8) is 0 Å². The van der Waals surface area contributed by atoms with Gasteiger partial charge in [-0.2, -0.15) is 4.98 Å². The number of oxazole rings is 1. The number of anilines is 1. The lowest BCUT2D eigenvalue weighted by Gasteiger charge is -2.02. The van der Waals surface area contributed by atoms with Crippen LogP contribution < -0.4 is 5.32 Å². The number of benzene rings is 2. The maximum Gasteiger partial charge on any atom is 0.233 e. The molecular formula is C16H12ClFN2O3S. The number of aromatic nitrogens is 1. The first-order valence-electron chi connectivity index (χ1n) is 6.87. The third-order valence-electron chi connectivity index (χ3n) is 3.31. The van der Waals surface area contributed by atoms with Crippen LogP contribution in [0, 0.1) is 5.82 Å². The fourth-order valence-electron chi connectivity index (χ4n) is 2.12. The number of sulfone groups is 1. The molecule has 8 heteroatoms. The van der Waals surface area contributed by atoms with E-state index in [1.807, 2.05) is 0 Å². The minimum atomic E-state index is -3.98. The Morgan fingerprint density at radius 1 is 1.12 bits per heavy atom. The summed E-state index contributed by atoms with van der Waals surface area (Å²) in [7, 11) is -2.46. The molecule has 24 heavy (non-hydrogen) atoms. The van der Waals surface area contributed by atoms with E-state index in [0.717, 1.165) is 12.1 Å². The number of nitrogens with zero attached hydrogens (tertiary/aromatic N) is 1. The third kappa shape index (κ3) is 2.88. The minimum Gasteiger partial charge on any atom is -0.419 e. The second-order valence-corrected chi connectivity index (χ2v) is 7.11. The van der Waals surface area contributed by atoms with Crippen molar-refractivity contribution < 1.29 is 17.2 Å². The Morgan fingerprint density at radius 2 is 1.79 bits per heavy atom. The van der Waals surface area contributed by atoms with Crippen molar-refractivity contribution in [1.29, 1.82) is 0 Å². The topological polar surface area (TPSA) is 72.2 Å². The van der Waals surface area contributed by atoms with Gasteiger partial charge in [-0.1, -0.05) is 23.7 Å². The van der Waals surface area contributed by atoms with Gasteiger partial charge in [-0.15, -0.1) is 0 Å². The molecule has 0 aliphatic rings. The molecule has 0 unspecified atom stereocenters. The zero-order chi connectivity index (χ0) is 17.3. The number of nitrogens with one attached hydrogen (secondary N) is 1. The third-order valence-corrected chi connectivity index (χ3v) is 5.31. The molecule has 0 aliphatic carbocycles. The zero-order valence-corrected chi connectivity index (χ0v) is 14.0. The summed E-state index contributed by atoms with van der Waals surface area (Å²) in [4.78, 5) is 4.00. The molecule has 0 saturated heterocycles. The molecule has 0 bridgehead atoms. The van der Waals surface area contributed by atoms with Gasteiger partial charge in [0.2, 0.25) is 26.6 Å². The number of hydrogen-bond acceptors (Lipinski definition) is 5. The molecule has 3 rings (SSSR count). The Labute approximate surface area is 143 Å². The normalized spacial score (nSPS) is 11.5. The molecule has 0 radical (unpaired) electrons. The van der Waals surface area contributed by atoms with Crippen LogP contribution in [-0.4, -0.2) is 20.4 Å². The number of hydrogen-bond donors (Lipinski definition) is 1. The van der Waals surface area contributed by atoms with Gasteiger partial charge >= 0.3 is 0 Å². The molecule has 1 aromatic heterocycles. The number of rotatable bonds is 4. The molecule has 0 aliphatic heterocycles. The summed E-state index contributed by atoms with van der Waals surface area (Å²) in [6.07, 6.45) is 0. The highest BCUT2D eigenvalue weighted by atomic mass is 35.5. The molecule has 1 N–H and O–H groups in total. The van der Waals surface area contributed by atoms with Crippen molar-refractivity contribution in [2.75, 3.05) is 12.4 Å². The maximum absolute atomic E-state index is 13.0. The summed E-state index contributed by atoms with van der Waals surface area (Å²) in [5.74, 6) is -0.473. The number of halogens is 2. The second kappa shape index (κ2) is 6.26. The van der Waals surface area contributed by atoms with E-state index in [-0.39, 0.29) is 21.7 Å². The van der Waals surface area contributed by atoms with Crippen molar-refractivity contribution >= 4 is 27.3 Å². The fourth-order valence-corrected chi connectivity index (χ4v) is 3.65. The quantitative estimate of drug-likeness (QED) is 0.706. The lowest BCUT2D eigenvalue weighted by atomic mass is 10.2. The highest BCUT2D eigenvalue weighted by Crippen LogP contribution is 2.34. The lowest BCUT2D eigenvalue weighted by molar-refractivity contribution is 0.580. The van der Waals surface area contributed by atoms with Gasteiger partial charge in [0.1, 0.15) is 5.82 Å². The van der Waals surface area contributed by atoms with E-state index in [2.05, 4.69) is 10.3 Å². The summed E-state index contributed by atoms with van der Waals surface area (Å²) < 4.78 is 44.0. The van der Waals surface area contributed by atoms with E-state index in [4.69, 9.17) is 16.0 Å². The Bertz CT molecular complexity index is 985. The summed E-state index contributed by atoms with van der Waals surface area (Å²) in [5, 5.41) is 2.76. The zero-order valence-electron chi connectivity index (χ0n) is 12.5. The van der Waals surface area contributed by atoms with Crippen molar-refractivity contribution in [3.05, 3.63) is 59.4 Å². The molecular weight excluding hydrogens is 355 g/mol. The van der Waals surface area contributed by atoms with E-state index >= 15 is 0 Å². The predicted octanol–water partition coefficient (Wildman–Crippen LogP) is 4.01. The molecule has 5 nitrogen and oxygen atoms in total. The first-order valence-corrected chi connectivity index (χ1v) is 8.73. The average Bonchev–Trinajstić information content (AvgIpc) is 3.00. The first kappa shape index (κ1) is 16.5. The van der Waals surface area contributed by atoms with Crippen LogP contribution in [0.2, 0.25) is 5.02 Å². The van der Waals surface area contributed by atoms with Gasteiger partial charge in [-0.05, 0) is 36.4 Å². The molecule has 1 heterocycles. The van der Waals surface area contributed by atoms with E-state index in [0.29, 0.717) is 10.6 Å². The van der Waals surface area contributed by atoms with Gasteiger partial charge in [-0.25, -0.2) is 12.8 Å². The van der Waals surface area contributed by atoms with Crippen LogP contribution in [0.1, 0.15) is 0 Å². The largest absolute Gasteiger partial charge is 0.419 e. The van der Waals surface area contributed by atoms with Gasteiger partial charge < -0.3 is 9.73 Å². The Hall–Kier alpha value is -2.38. The van der Waals surface area contributed by atoms with Crippen molar-refractivity contribution in [2.45, 2.75) is 9.92 Å². The van der Waals surface area contributed by atoms with E-state index in [1.54, 1.807) is 24.3 Å². The van der Waals surface area contributed by atoms with Crippen LogP contribution in [0.25, 0.3) is 11.5 Å².